The Bertz CT molecular complexity index is 831. The van der Waals surface area contributed by atoms with Crippen molar-refractivity contribution in [2.75, 3.05) is 6.54 Å². The maximum Gasteiger partial charge on any atom is 0.241 e. The van der Waals surface area contributed by atoms with E-state index in [1.807, 2.05) is 45.0 Å². The molecule has 136 valence electrons. The molecule has 1 amide bonds. The Labute approximate surface area is 149 Å². The van der Waals surface area contributed by atoms with E-state index in [1.54, 1.807) is 18.2 Å². The van der Waals surface area contributed by atoms with Crippen molar-refractivity contribution >= 4 is 26.7 Å². The van der Waals surface area contributed by atoms with Gasteiger partial charge in [-0.05, 0) is 35.2 Å². The van der Waals surface area contributed by atoms with Gasteiger partial charge in [0.25, 0.3) is 0 Å². The van der Waals surface area contributed by atoms with Gasteiger partial charge in [0.2, 0.25) is 15.9 Å². The quantitative estimate of drug-likeness (QED) is 0.709. The Morgan fingerprint density at radius 1 is 1.08 bits per heavy atom. The molecule has 2 aromatic carbocycles. The van der Waals surface area contributed by atoms with Crippen molar-refractivity contribution in [3.8, 4) is 0 Å². The van der Waals surface area contributed by atoms with Gasteiger partial charge in [0.15, 0.2) is 0 Å². The molecule has 0 saturated heterocycles. The van der Waals surface area contributed by atoms with Crippen molar-refractivity contribution in [1.29, 1.82) is 0 Å². The summed E-state index contributed by atoms with van der Waals surface area (Å²) >= 11 is 0. The van der Waals surface area contributed by atoms with Crippen LogP contribution in [0.5, 0.6) is 0 Å². The number of sulfonamides is 1. The molecule has 0 aliphatic heterocycles. The van der Waals surface area contributed by atoms with Crippen LogP contribution < -0.4 is 10.0 Å². The van der Waals surface area contributed by atoms with Crippen molar-refractivity contribution in [3.63, 3.8) is 0 Å². The average Bonchev–Trinajstić information content (AvgIpc) is 2.59. The largest absolute Gasteiger partial charge is 0.355 e. The molecule has 0 radical (unpaired) electrons. The number of amides is 1. The normalized spacial score (nSPS) is 13.1. The van der Waals surface area contributed by atoms with E-state index in [4.69, 9.17) is 0 Å². The molecule has 6 heteroatoms. The molecule has 0 aliphatic rings. The molecule has 0 saturated carbocycles. The summed E-state index contributed by atoms with van der Waals surface area (Å²) < 4.78 is 28.0. The predicted molar refractivity (Wildman–Crippen MR) is 101 cm³/mol. The zero-order valence-corrected chi connectivity index (χ0v) is 15.8. The molecule has 25 heavy (non-hydrogen) atoms. The molecule has 2 aromatic rings. The van der Waals surface area contributed by atoms with Crippen LogP contribution in [-0.4, -0.2) is 26.9 Å². The zero-order chi connectivity index (χ0) is 18.4. The molecule has 0 heterocycles. The standard InChI is InChI=1S/C19H26N2O3S/c1-4-5-12-20-19(22)18(14(2)3)21-25(23,24)17-11-10-15-8-6-7-9-16(15)13-17/h6-11,13-14,18,21H,4-5,12H2,1-3H3,(H,20,22). The number of carbonyl (C=O) groups excluding carboxylic acids is 1. The molecule has 0 aromatic heterocycles. The topological polar surface area (TPSA) is 75.3 Å². The lowest BCUT2D eigenvalue weighted by molar-refractivity contribution is -0.123. The molecular weight excluding hydrogens is 336 g/mol. The van der Waals surface area contributed by atoms with Gasteiger partial charge in [-0.1, -0.05) is 57.5 Å². The molecule has 5 nitrogen and oxygen atoms in total. The second kappa shape index (κ2) is 8.45. The van der Waals surface area contributed by atoms with Crippen LogP contribution in [0.3, 0.4) is 0 Å². The number of rotatable bonds is 8. The van der Waals surface area contributed by atoms with Crippen molar-refractivity contribution in [2.45, 2.75) is 44.6 Å². The number of carbonyl (C=O) groups is 1. The van der Waals surface area contributed by atoms with Crippen LogP contribution in [0.2, 0.25) is 0 Å². The first-order valence-corrected chi connectivity index (χ1v) is 10.1. The SMILES string of the molecule is CCCCNC(=O)C(NS(=O)(=O)c1ccc2ccccc2c1)C(C)C. The van der Waals surface area contributed by atoms with Crippen LogP contribution >= 0.6 is 0 Å². The van der Waals surface area contributed by atoms with Gasteiger partial charge in [0.05, 0.1) is 4.90 Å². The van der Waals surface area contributed by atoms with Crippen LogP contribution in [-0.2, 0) is 14.8 Å². The maximum atomic E-state index is 12.7. The first-order valence-electron chi connectivity index (χ1n) is 8.64. The van der Waals surface area contributed by atoms with Gasteiger partial charge in [-0.15, -0.1) is 0 Å². The molecule has 0 spiro atoms. The van der Waals surface area contributed by atoms with Crippen LogP contribution in [0.1, 0.15) is 33.6 Å². The number of nitrogens with one attached hydrogen (secondary N) is 2. The van der Waals surface area contributed by atoms with E-state index in [1.165, 1.54) is 0 Å². The third-order valence-corrected chi connectivity index (χ3v) is 5.53. The van der Waals surface area contributed by atoms with Crippen molar-refractivity contribution in [1.82, 2.24) is 10.0 Å². The number of benzene rings is 2. The minimum Gasteiger partial charge on any atom is -0.355 e. The van der Waals surface area contributed by atoms with E-state index < -0.39 is 16.1 Å². The molecule has 1 atom stereocenters. The molecule has 1 unspecified atom stereocenters. The fourth-order valence-corrected chi connectivity index (χ4v) is 3.94. The molecule has 2 N–H and O–H groups in total. The van der Waals surface area contributed by atoms with Gasteiger partial charge in [-0.3, -0.25) is 4.79 Å². The predicted octanol–water partition coefficient (Wildman–Crippen LogP) is 3.06. The van der Waals surface area contributed by atoms with Gasteiger partial charge >= 0.3 is 0 Å². The summed E-state index contributed by atoms with van der Waals surface area (Å²) in [6, 6.07) is 11.7. The van der Waals surface area contributed by atoms with E-state index in [2.05, 4.69) is 10.0 Å². The second-order valence-corrected chi connectivity index (χ2v) is 8.21. The van der Waals surface area contributed by atoms with E-state index in [9.17, 15) is 13.2 Å². The van der Waals surface area contributed by atoms with E-state index >= 15 is 0 Å². The minimum absolute atomic E-state index is 0.156. The van der Waals surface area contributed by atoms with Crippen LogP contribution in [0, 0.1) is 5.92 Å². The Hall–Kier alpha value is -1.92. The Morgan fingerprint density at radius 3 is 2.40 bits per heavy atom. The molecule has 0 fully saturated rings. The van der Waals surface area contributed by atoms with E-state index in [0.29, 0.717) is 6.54 Å². The van der Waals surface area contributed by atoms with E-state index in [0.717, 1.165) is 23.6 Å². The highest BCUT2D eigenvalue weighted by Crippen LogP contribution is 2.19. The van der Waals surface area contributed by atoms with Crippen LogP contribution in [0.15, 0.2) is 47.4 Å². The highest BCUT2D eigenvalue weighted by molar-refractivity contribution is 7.89. The molecule has 0 aliphatic carbocycles. The molecule has 0 bridgehead atoms. The molecular formula is C19H26N2O3S. The van der Waals surface area contributed by atoms with Gasteiger partial charge in [0.1, 0.15) is 6.04 Å². The zero-order valence-electron chi connectivity index (χ0n) is 15.0. The highest BCUT2D eigenvalue weighted by atomic mass is 32.2. The highest BCUT2D eigenvalue weighted by Gasteiger charge is 2.28. The van der Waals surface area contributed by atoms with Crippen LogP contribution in [0.25, 0.3) is 10.8 Å². The summed E-state index contributed by atoms with van der Waals surface area (Å²) in [5, 5.41) is 4.62. The first kappa shape index (κ1) is 19.4. The average molecular weight is 362 g/mol. The summed E-state index contributed by atoms with van der Waals surface area (Å²) in [5.41, 5.74) is 0. The van der Waals surface area contributed by atoms with Gasteiger partial charge < -0.3 is 5.32 Å². The summed E-state index contributed by atoms with van der Waals surface area (Å²) in [5.74, 6) is -0.440. The second-order valence-electron chi connectivity index (χ2n) is 6.50. The summed E-state index contributed by atoms with van der Waals surface area (Å²) in [6.45, 7) is 6.24. The fourth-order valence-electron chi connectivity index (χ4n) is 2.56. The number of hydrogen-bond acceptors (Lipinski definition) is 3. The number of unbranched alkanes of at least 4 members (excludes halogenated alkanes) is 1. The monoisotopic (exact) mass is 362 g/mol. The molecule has 2 rings (SSSR count). The lowest BCUT2D eigenvalue weighted by Crippen LogP contribution is -2.49. The van der Waals surface area contributed by atoms with Crippen molar-refractivity contribution < 1.29 is 13.2 Å². The fraction of sp³-hybridized carbons (Fsp3) is 0.421. The lowest BCUT2D eigenvalue weighted by atomic mass is 10.1. The first-order chi connectivity index (χ1) is 11.8. The third-order valence-electron chi connectivity index (χ3n) is 4.09. The van der Waals surface area contributed by atoms with Gasteiger partial charge in [-0.2, -0.15) is 4.72 Å². The van der Waals surface area contributed by atoms with Gasteiger partial charge in [-0.25, -0.2) is 8.42 Å². The minimum atomic E-state index is -3.78. The number of fused-ring (bicyclic) bond motifs is 1. The smallest absolute Gasteiger partial charge is 0.241 e. The Kier molecular flexibility index (Phi) is 6.56. The maximum absolute atomic E-state index is 12.7. The van der Waals surface area contributed by atoms with Crippen LogP contribution in [0.4, 0.5) is 0 Å². The summed E-state index contributed by atoms with van der Waals surface area (Å²) in [4.78, 5) is 12.5. The Balaban J connectivity index is 2.22. The third kappa shape index (κ3) is 5.03. The summed E-state index contributed by atoms with van der Waals surface area (Å²) in [6.07, 6.45) is 1.84. The van der Waals surface area contributed by atoms with Crippen molar-refractivity contribution in [3.05, 3.63) is 42.5 Å². The van der Waals surface area contributed by atoms with Crippen molar-refractivity contribution in [2.24, 2.45) is 5.92 Å². The Morgan fingerprint density at radius 2 is 1.76 bits per heavy atom. The lowest BCUT2D eigenvalue weighted by Gasteiger charge is -2.21. The van der Waals surface area contributed by atoms with Gasteiger partial charge in [0, 0.05) is 6.54 Å². The van der Waals surface area contributed by atoms with E-state index in [-0.39, 0.29) is 16.7 Å². The number of hydrogen-bond donors (Lipinski definition) is 2. The summed E-state index contributed by atoms with van der Waals surface area (Å²) in [7, 11) is -3.78.